The molecule has 0 spiro atoms. The van der Waals surface area contributed by atoms with Gasteiger partial charge in [-0.3, -0.25) is 9.59 Å². The minimum Gasteiger partial charge on any atom is -0.508 e. The predicted octanol–water partition coefficient (Wildman–Crippen LogP) is 3.25. The second kappa shape index (κ2) is 9.06. The standard InChI is InChI=1S/C20H18N2O5S2/c23-13-6-7-15(14(11-13)19(26)27)21-17(24)8-9-22-18(25)16(29-20(22)28)10-12-4-2-1-3-5-12/h1-7,10-11,20,23,28H,8-9H2,(H,21,24)(H,26,27)/b16-10-. The Kier molecular flexibility index (Phi) is 6.50. The topological polar surface area (TPSA) is 107 Å². The molecule has 29 heavy (non-hydrogen) atoms. The molecule has 0 radical (unpaired) electrons. The molecule has 3 rings (SSSR count). The van der Waals surface area contributed by atoms with Crippen molar-refractivity contribution in [3.63, 3.8) is 0 Å². The van der Waals surface area contributed by atoms with Gasteiger partial charge in [0.05, 0.1) is 16.2 Å². The molecule has 0 bridgehead atoms. The van der Waals surface area contributed by atoms with Gasteiger partial charge in [0, 0.05) is 13.0 Å². The molecule has 2 amide bonds. The number of benzene rings is 2. The summed E-state index contributed by atoms with van der Waals surface area (Å²) in [6.07, 6.45) is 1.76. The summed E-state index contributed by atoms with van der Waals surface area (Å²) in [5.41, 5.74) is 0.762. The number of carboxylic acids is 1. The smallest absolute Gasteiger partial charge is 0.337 e. The second-order valence-corrected chi connectivity index (χ2v) is 8.16. The van der Waals surface area contributed by atoms with Gasteiger partial charge in [-0.05, 0) is 29.8 Å². The highest BCUT2D eigenvalue weighted by Crippen LogP contribution is 2.38. The fourth-order valence-corrected chi connectivity index (χ4v) is 4.27. The first kappa shape index (κ1) is 20.8. The van der Waals surface area contributed by atoms with E-state index >= 15 is 0 Å². The van der Waals surface area contributed by atoms with Crippen LogP contribution in [-0.2, 0) is 9.59 Å². The predicted molar refractivity (Wildman–Crippen MR) is 115 cm³/mol. The number of phenolic OH excluding ortho intramolecular Hbond substituents is 1. The third-order valence-electron chi connectivity index (χ3n) is 4.16. The average Bonchev–Trinajstić information content (AvgIpc) is 2.95. The van der Waals surface area contributed by atoms with Crippen LogP contribution in [0.25, 0.3) is 6.08 Å². The van der Waals surface area contributed by atoms with Crippen molar-refractivity contribution < 1.29 is 24.6 Å². The Morgan fingerprint density at radius 2 is 1.93 bits per heavy atom. The third kappa shape index (κ3) is 5.12. The number of aromatic hydroxyl groups is 1. The third-order valence-corrected chi connectivity index (χ3v) is 5.76. The summed E-state index contributed by atoms with van der Waals surface area (Å²) < 4.78 is -0.409. The molecule has 1 heterocycles. The van der Waals surface area contributed by atoms with E-state index in [2.05, 4.69) is 17.9 Å². The van der Waals surface area contributed by atoms with Crippen molar-refractivity contribution in [3.8, 4) is 5.75 Å². The molecule has 7 nitrogen and oxygen atoms in total. The Morgan fingerprint density at radius 1 is 1.21 bits per heavy atom. The maximum Gasteiger partial charge on any atom is 0.337 e. The second-order valence-electron chi connectivity index (χ2n) is 6.20. The normalized spacial score (nSPS) is 17.6. The highest BCUT2D eigenvalue weighted by atomic mass is 32.2. The number of carbonyl (C=O) groups excluding carboxylic acids is 2. The molecule has 1 saturated heterocycles. The Balaban J connectivity index is 1.63. The lowest BCUT2D eigenvalue weighted by molar-refractivity contribution is -0.125. The first-order valence-electron chi connectivity index (χ1n) is 8.64. The Morgan fingerprint density at radius 3 is 2.62 bits per heavy atom. The number of carboxylic acid groups (broad SMARTS) is 1. The van der Waals surface area contributed by atoms with Gasteiger partial charge < -0.3 is 20.4 Å². The lowest BCUT2D eigenvalue weighted by Crippen LogP contribution is -2.32. The van der Waals surface area contributed by atoms with Gasteiger partial charge in [0.2, 0.25) is 5.91 Å². The molecular formula is C20H18N2O5S2. The van der Waals surface area contributed by atoms with Gasteiger partial charge in [0.1, 0.15) is 10.5 Å². The summed E-state index contributed by atoms with van der Waals surface area (Å²) in [4.78, 5) is 38.2. The van der Waals surface area contributed by atoms with Crippen molar-refractivity contribution >= 4 is 53.9 Å². The molecule has 0 aromatic heterocycles. The average molecular weight is 431 g/mol. The maximum atomic E-state index is 12.6. The largest absolute Gasteiger partial charge is 0.508 e. The quantitative estimate of drug-likeness (QED) is 0.318. The van der Waals surface area contributed by atoms with Crippen LogP contribution >= 0.6 is 24.4 Å². The highest BCUT2D eigenvalue weighted by molar-refractivity contribution is 8.14. The number of phenols is 1. The fourth-order valence-electron chi connectivity index (χ4n) is 2.73. The number of hydrogen-bond acceptors (Lipinski definition) is 6. The van der Waals surface area contributed by atoms with Crippen LogP contribution in [0, 0.1) is 0 Å². The summed E-state index contributed by atoms with van der Waals surface area (Å²) in [6, 6.07) is 13.1. The molecule has 1 atom stereocenters. The maximum absolute atomic E-state index is 12.6. The first-order chi connectivity index (χ1) is 13.8. The number of carbonyl (C=O) groups is 3. The molecule has 1 unspecified atom stereocenters. The van der Waals surface area contributed by atoms with E-state index in [9.17, 15) is 24.6 Å². The SMILES string of the molecule is O=C(CCN1C(=O)/C(=C/c2ccccc2)SC1S)Nc1ccc(O)cc1C(=O)O. The van der Waals surface area contributed by atoms with Gasteiger partial charge in [-0.1, -0.05) is 42.1 Å². The number of nitrogens with one attached hydrogen (secondary N) is 1. The van der Waals surface area contributed by atoms with E-state index in [-0.39, 0.29) is 35.9 Å². The molecule has 2 aromatic rings. The molecular weight excluding hydrogens is 412 g/mol. The molecule has 1 aliphatic heterocycles. The molecule has 2 aromatic carbocycles. The van der Waals surface area contributed by atoms with Gasteiger partial charge in [0.25, 0.3) is 5.91 Å². The van der Waals surface area contributed by atoms with Crippen LogP contribution in [0.5, 0.6) is 5.75 Å². The van der Waals surface area contributed by atoms with Crippen LogP contribution < -0.4 is 5.32 Å². The summed E-state index contributed by atoms with van der Waals surface area (Å²) >= 11 is 5.72. The van der Waals surface area contributed by atoms with Crippen molar-refractivity contribution in [2.24, 2.45) is 0 Å². The number of nitrogens with zero attached hydrogens (tertiary/aromatic N) is 1. The minimum absolute atomic E-state index is 0.0259. The molecule has 150 valence electrons. The molecule has 0 aliphatic carbocycles. The summed E-state index contributed by atoms with van der Waals surface area (Å²) in [7, 11) is 0. The number of thioether (sulfide) groups is 1. The zero-order valence-corrected chi connectivity index (χ0v) is 16.8. The Labute approximate surface area is 176 Å². The molecule has 9 heteroatoms. The Bertz CT molecular complexity index is 978. The van der Waals surface area contributed by atoms with E-state index in [1.165, 1.54) is 28.8 Å². The van der Waals surface area contributed by atoms with Crippen LogP contribution in [0.15, 0.2) is 53.4 Å². The van der Waals surface area contributed by atoms with Crippen molar-refractivity contribution in [1.82, 2.24) is 4.90 Å². The molecule has 1 aliphatic rings. The summed E-state index contributed by atoms with van der Waals surface area (Å²) in [5.74, 6) is -2.14. The van der Waals surface area contributed by atoms with Gasteiger partial charge in [0.15, 0.2) is 0 Å². The number of hydrogen-bond donors (Lipinski definition) is 4. The zero-order valence-electron chi connectivity index (χ0n) is 15.1. The lowest BCUT2D eigenvalue weighted by atomic mass is 10.1. The minimum atomic E-state index is -1.27. The number of rotatable bonds is 6. The van der Waals surface area contributed by atoms with Gasteiger partial charge in [-0.15, -0.1) is 12.6 Å². The summed E-state index contributed by atoms with van der Waals surface area (Å²) in [6.45, 7) is 0.137. The van der Waals surface area contributed by atoms with Crippen LogP contribution in [0.1, 0.15) is 22.3 Å². The fraction of sp³-hybridized carbons (Fsp3) is 0.150. The van der Waals surface area contributed by atoms with Gasteiger partial charge >= 0.3 is 5.97 Å². The van der Waals surface area contributed by atoms with E-state index in [1.807, 2.05) is 30.3 Å². The number of anilines is 1. The van der Waals surface area contributed by atoms with Crippen LogP contribution in [0.2, 0.25) is 0 Å². The zero-order chi connectivity index (χ0) is 21.0. The van der Waals surface area contributed by atoms with E-state index in [0.29, 0.717) is 4.91 Å². The number of amides is 2. The van der Waals surface area contributed by atoms with Gasteiger partial charge in [-0.2, -0.15) is 0 Å². The van der Waals surface area contributed by atoms with Crippen molar-refractivity contribution in [2.45, 2.75) is 11.1 Å². The van der Waals surface area contributed by atoms with E-state index in [1.54, 1.807) is 6.08 Å². The number of thiol groups is 1. The Hall–Kier alpha value is -2.91. The molecule has 3 N–H and O–H groups in total. The van der Waals surface area contributed by atoms with E-state index in [0.717, 1.165) is 11.6 Å². The van der Waals surface area contributed by atoms with Crippen LogP contribution in [0.3, 0.4) is 0 Å². The number of aromatic carboxylic acids is 1. The van der Waals surface area contributed by atoms with Crippen molar-refractivity contribution in [3.05, 3.63) is 64.6 Å². The van der Waals surface area contributed by atoms with E-state index in [4.69, 9.17) is 0 Å². The van der Waals surface area contributed by atoms with Crippen molar-refractivity contribution in [1.29, 1.82) is 0 Å². The summed E-state index contributed by atoms with van der Waals surface area (Å²) in [5, 5.41) is 21.1. The molecule has 1 fully saturated rings. The first-order valence-corrected chi connectivity index (χ1v) is 10.0. The van der Waals surface area contributed by atoms with E-state index < -0.39 is 16.6 Å². The van der Waals surface area contributed by atoms with Crippen molar-refractivity contribution in [2.75, 3.05) is 11.9 Å². The van der Waals surface area contributed by atoms with Crippen LogP contribution in [0.4, 0.5) is 5.69 Å². The van der Waals surface area contributed by atoms with Gasteiger partial charge in [-0.25, -0.2) is 4.79 Å². The monoisotopic (exact) mass is 430 g/mol. The highest BCUT2D eigenvalue weighted by Gasteiger charge is 2.34. The van der Waals surface area contributed by atoms with Crippen LogP contribution in [-0.4, -0.2) is 44.1 Å². The lowest BCUT2D eigenvalue weighted by Gasteiger charge is -2.19. The molecule has 0 saturated carbocycles.